The zero-order valence-corrected chi connectivity index (χ0v) is 17.6. The van der Waals surface area contributed by atoms with E-state index >= 15 is 0 Å². The van der Waals surface area contributed by atoms with Gasteiger partial charge in [-0.15, -0.1) is 24.0 Å². The van der Waals surface area contributed by atoms with Crippen LogP contribution in [-0.2, 0) is 17.9 Å². The molecule has 2 rings (SSSR count). The van der Waals surface area contributed by atoms with Gasteiger partial charge in [-0.25, -0.2) is 4.99 Å². The Morgan fingerprint density at radius 2 is 1.85 bits per heavy atom. The van der Waals surface area contributed by atoms with Gasteiger partial charge >= 0.3 is 0 Å². The minimum absolute atomic E-state index is 0. The first kappa shape index (κ1) is 22.8. The summed E-state index contributed by atoms with van der Waals surface area (Å²) >= 11 is 0. The molecule has 0 aliphatic heterocycles. The number of non-ortho nitro benzene ring substituents is 1. The lowest BCUT2D eigenvalue weighted by Crippen LogP contribution is -2.38. The second-order valence-electron chi connectivity index (χ2n) is 5.59. The van der Waals surface area contributed by atoms with E-state index in [0.29, 0.717) is 32.3 Å². The van der Waals surface area contributed by atoms with Gasteiger partial charge in [-0.2, -0.15) is 0 Å². The van der Waals surface area contributed by atoms with E-state index in [-0.39, 0.29) is 29.7 Å². The SMILES string of the molecule is CCNC(=NCc1cccc([N+](=O)[O-])c1)NCCOCc1ccccc1.I. The summed E-state index contributed by atoms with van der Waals surface area (Å²) in [7, 11) is 0. The minimum atomic E-state index is -0.402. The molecule has 0 atom stereocenters. The van der Waals surface area contributed by atoms with Crippen LogP contribution in [0.1, 0.15) is 18.1 Å². The summed E-state index contributed by atoms with van der Waals surface area (Å²) < 4.78 is 5.63. The molecule has 0 amide bonds. The third-order valence-electron chi connectivity index (χ3n) is 3.54. The predicted octanol–water partition coefficient (Wildman–Crippen LogP) is 3.48. The van der Waals surface area contributed by atoms with Gasteiger partial charge in [0.1, 0.15) is 0 Å². The Bertz CT molecular complexity index is 726. The van der Waals surface area contributed by atoms with Crippen molar-refractivity contribution in [2.24, 2.45) is 4.99 Å². The number of hydrogen-bond acceptors (Lipinski definition) is 4. The molecule has 7 nitrogen and oxygen atoms in total. The molecule has 27 heavy (non-hydrogen) atoms. The van der Waals surface area contributed by atoms with E-state index in [1.807, 2.05) is 43.3 Å². The van der Waals surface area contributed by atoms with Crippen molar-refractivity contribution in [1.82, 2.24) is 10.6 Å². The van der Waals surface area contributed by atoms with E-state index in [4.69, 9.17) is 4.74 Å². The molecule has 0 heterocycles. The summed E-state index contributed by atoms with van der Waals surface area (Å²) in [4.78, 5) is 14.9. The molecule has 0 aliphatic carbocycles. The Morgan fingerprint density at radius 1 is 1.11 bits per heavy atom. The molecule has 0 bridgehead atoms. The topological polar surface area (TPSA) is 88.8 Å². The van der Waals surface area contributed by atoms with Gasteiger partial charge in [-0.05, 0) is 18.1 Å². The third kappa shape index (κ3) is 8.83. The Morgan fingerprint density at radius 3 is 2.56 bits per heavy atom. The second kappa shape index (κ2) is 13.0. The van der Waals surface area contributed by atoms with Crippen LogP contribution in [0.3, 0.4) is 0 Å². The summed E-state index contributed by atoms with van der Waals surface area (Å²) in [5.41, 5.74) is 2.00. The fourth-order valence-corrected chi connectivity index (χ4v) is 2.29. The maximum atomic E-state index is 10.8. The van der Waals surface area contributed by atoms with Gasteiger partial charge in [0.2, 0.25) is 0 Å². The molecule has 2 aromatic rings. The highest BCUT2D eigenvalue weighted by molar-refractivity contribution is 14.0. The molecule has 8 heteroatoms. The number of halogens is 1. The van der Waals surface area contributed by atoms with Gasteiger partial charge in [-0.3, -0.25) is 10.1 Å². The molecule has 2 aromatic carbocycles. The second-order valence-corrected chi connectivity index (χ2v) is 5.59. The van der Waals surface area contributed by atoms with Gasteiger partial charge in [0.15, 0.2) is 5.96 Å². The lowest BCUT2D eigenvalue weighted by Gasteiger charge is -2.11. The van der Waals surface area contributed by atoms with Crippen LogP contribution in [-0.4, -0.2) is 30.6 Å². The van der Waals surface area contributed by atoms with E-state index in [1.54, 1.807) is 6.07 Å². The van der Waals surface area contributed by atoms with Crippen molar-refractivity contribution in [3.05, 3.63) is 75.8 Å². The van der Waals surface area contributed by atoms with E-state index in [2.05, 4.69) is 15.6 Å². The monoisotopic (exact) mass is 484 g/mol. The first-order valence-corrected chi connectivity index (χ1v) is 8.56. The minimum Gasteiger partial charge on any atom is -0.375 e. The first-order chi connectivity index (χ1) is 12.7. The quantitative estimate of drug-likeness (QED) is 0.142. The highest BCUT2D eigenvalue weighted by atomic mass is 127. The number of aliphatic imine (C=N–C) groups is 1. The number of guanidine groups is 1. The zero-order chi connectivity index (χ0) is 18.6. The van der Waals surface area contributed by atoms with Crippen LogP contribution in [0.2, 0.25) is 0 Å². The Labute approximate surface area is 176 Å². The van der Waals surface area contributed by atoms with Crippen molar-refractivity contribution < 1.29 is 9.66 Å². The first-order valence-electron chi connectivity index (χ1n) is 8.56. The molecule has 0 aliphatic rings. The molecular formula is C19H25IN4O3. The summed E-state index contributed by atoms with van der Waals surface area (Å²) in [6.45, 7) is 4.82. The average Bonchev–Trinajstić information content (AvgIpc) is 2.66. The van der Waals surface area contributed by atoms with Crippen LogP contribution < -0.4 is 10.6 Å². The normalized spacial score (nSPS) is 10.8. The number of rotatable bonds is 9. The lowest BCUT2D eigenvalue weighted by atomic mass is 10.2. The molecule has 0 radical (unpaired) electrons. The van der Waals surface area contributed by atoms with Gasteiger partial charge in [0.25, 0.3) is 5.69 Å². The van der Waals surface area contributed by atoms with Crippen molar-refractivity contribution in [3.8, 4) is 0 Å². The van der Waals surface area contributed by atoms with Crippen LogP contribution in [0.25, 0.3) is 0 Å². The fraction of sp³-hybridized carbons (Fsp3) is 0.316. The Kier molecular flexibility index (Phi) is 11.0. The smallest absolute Gasteiger partial charge is 0.269 e. The largest absolute Gasteiger partial charge is 0.375 e. The molecule has 0 saturated heterocycles. The lowest BCUT2D eigenvalue weighted by molar-refractivity contribution is -0.384. The van der Waals surface area contributed by atoms with E-state index in [0.717, 1.165) is 17.7 Å². The Hall–Kier alpha value is -2.20. The third-order valence-corrected chi connectivity index (χ3v) is 3.54. The molecular weight excluding hydrogens is 459 g/mol. The van der Waals surface area contributed by atoms with Crippen molar-refractivity contribution in [1.29, 1.82) is 0 Å². The van der Waals surface area contributed by atoms with E-state index in [9.17, 15) is 10.1 Å². The molecule has 146 valence electrons. The standard InChI is InChI=1S/C19H24N4O3.HI/c1-2-20-19(21-11-12-26-15-16-7-4-3-5-8-16)22-14-17-9-6-10-18(13-17)23(24)25;/h3-10,13H,2,11-12,14-15H2,1H3,(H2,20,21,22);1H. The van der Waals surface area contributed by atoms with Crippen LogP contribution in [0, 0.1) is 10.1 Å². The van der Waals surface area contributed by atoms with Crippen molar-refractivity contribution in [2.45, 2.75) is 20.1 Å². The van der Waals surface area contributed by atoms with E-state index in [1.165, 1.54) is 12.1 Å². The van der Waals surface area contributed by atoms with Gasteiger partial charge in [0.05, 0.1) is 24.7 Å². The summed E-state index contributed by atoms with van der Waals surface area (Å²) in [6.07, 6.45) is 0. The number of ether oxygens (including phenoxy) is 1. The highest BCUT2D eigenvalue weighted by Gasteiger charge is 2.05. The predicted molar refractivity (Wildman–Crippen MR) is 117 cm³/mol. The van der Waals surface area contributed by atoms with Crippen LogP contribution >= 0.6 is 24.0 Å². The van der Waals surface area contributed by atoms with Gasteiger partial charge in [-0.1, -0.05) is 42.5 Å². The van der Waals surface area contributed by atoms with Gasteiger partial charge in [0, 0.05) is 25.2 Å². The average molecular weight is 484 g/mol. The molecule has 0 spiro atoms. The van der Waals surface area contributed by atoms with Gasteiger partial charge < -0.3 is 15.4 Å². The molecule has 0 unspecified atom stereocenters. The van der Waals surface area contributed by atoms with Crippen LogP contribution in [0.5, 0.6) is 0 Å². The Balaban J connectivity index is 0.00000364. The fourth-order valence-electron chi connectivity index (χ4n) is 2.29. The number of benzene rings is 2. The molecule has 0 saturated carbocycles. The van der Waals surface area contributed by atoms with Crippen molar-refractivity contribution >= 4 is 35.6 Å². The summed E-state index contributed by atoms with van der Waals surface area (Å²) in [5.74, 6) is 0.655. The molecule has 0 aromatic heterocycles. The molecule has 0 fully saturated rings. The van der Waals surface area contributed by atoms with Crippen LogP contribution in [0.15, 0.2) is 59.6 Å². The number of nitro benzene ring substituents is 1. The van der Waals surface area contributed by atoms with E-state index < -0.39 is 4.92 Å². The number of nitrogens with one attached hydrogen (secondary N) is 2. The van der Waals surface area contributed by atoms with Crippen molar-refractivity contribution in [3.63, 3.8) is 0 Å². The zero-order valence-electron chi connectivity index (χ0n) is 15.3. The van der Waals surface area contributed by atoms with Crippen molar-refractivity contribution in [2.75, 3.05) is 19.7 Å². The maximum absolute atomic E-state index is 10.8. The maximum Gasteiger partial charge on any atom is 0.269 e. The highest BCUT2D eigenvalue weighted by Crippen LogP contribution is 2.13. The van der Waals surface area contributed by atoms with Crippen LogP contribution in [0.4, 0.5) is 5.69 Å². The number of hydrogen-bond donors (Lipinski definition) is 2. The summed E-state index contributed by atoms with van der Waals surface area (Å²) in [6, 6.07) is 16.5. The summed E-state index contributed by atoms with van der Waals surface area (Å²) in [5, 5.41) is 17.2. The number of nitro groups is 1. The number of nitrogens with zero attached hydrogens (tertiary/aromatic N) is 2. The molecule has 2 N–H and O–H groups in total.